The minimum Gasteiger partial charge on any atom is -0.449 e. The number of aromatic nitrogens is 3. The van der Waals surface area contributed by atoms with Gasteiger partial charge >= 0.3 is 0 Å². The van der Waals surface area contributed by atoms with Crippen LogP contribution in [-0.2, 0) is 9.47 Å². The molecule has 4 heterocycles. The van der Waals surface area contributed by atoms with Crippen molar-refractivity contribution in [2.75, 3.05) is 67.8 Å². The van der Waals surface area contributed by atoms with Gasteiger partial charge in [0.05, 0.1) is 32.6 Å². The van der Waals surface area contributed by atoms with E-state index in [9.17, 15) is 0 Å². The van der Waals surface area contributed by atoms with Crippen LogP contribution in [0, 0.1) is 3.77 Å². The van der Waals surface area contributed by atoms with Crippen molar-refractivity contribution in [3.63, 3.8) is 0 Å². The highest BCUT2D eigenvalue weighted by Crippen LogP contribution is 2.18. The Bertz CT molecular complexity index is 752. The number of nitrogens with zero attached hydrogens (tertiary/aromatic N) is 6. The summed E-state index contributed by atoms with van der Waals surface area (Å²) >= 11 is 2.11. The van der Waals surface area contributed by atoms with Gasteiger partial charge in [-0.2, -0.15) is 20.1 Å². The van der Waals surface area contributed by atoms with E-state index in [1.165, 1.54) is 0 Å². The summed E-state index contributed by atoms with van der Waals surface area (Å²) in [6.07, 6.45) is 1.59. The van der Waals surface area contributed by atoms with Gasteiger partial charge in [0.1, 0.15) is 5.76 Å². The van der Waals surface area contributed by atoms with Gasteiger partial charge in [0.15, 0.2) is 3.77 Å². The normalized spacial score (nSPS) is 18.3. The third kappa shape index (κ3) is 4.84. The Balaban J connectivity index is 1.55. The average Bonchev–Trinajstić information content (AvgIpc) is 3.14. The highest BCUT2D eigenvalue weighted by molar-refractivity contribution is 14.1. The van der Waals surface area contributed by atoms with Gasteiger partial charge in [-0.15, -0.1) is 0 Å². The molecule has 0 aromatic carbocycles. The molecule has 0 unspecified atom stereocenters. The van der Waals surface area contributed by atoms with Crippen LogP contribution < -0.4 is 15.2 Å². The summed E-state index contributed by atoms with van der Waals surface area (Å²) in [5, 5.41) is 4.19. The van der Waals surface area contributed by atoms with Crippen LogP contribution in [-0.4, -0.2) is 73.8 Å². The fraction of sp³-hybridized carbons (Fsp3) is 0.500. The zero-order valence-corrected chi connectivity index (χ0v) is 16.8. The van der Waals surface area contributed by atoms with E-state index in [1.54, 1.807) is 6.21 Å². The van der Waals surface area contributed by atoms with Gasteiger partial charge in [-0.05, 0) is 34.7 Å². The average molecular weight is 485 g/mol. The molecule has 0 saturated carbocycles. The number of nitrogens with one attached hydrogen (secondary N) is 1. The Kier molecular flexibility index (Phi) is 5.99. The number of morpholine rings is 2. The molecule has 2 fully saturated rings. The van der Waals surface area contributed by atoms with Gasteiger partial charge < -0.3 is 23.7 Å². The van der Waals surface area contributed by atoms with E-state index in [0.29, 0.717) is 50.0 Å². The number of anilines is 3. The maximum atomic E-state index is 5.46. The van der Waals surface area contributed by atoms with Crippen molar-refractivity contribution in [3.05, 3.63) is 21.7 Å². The largest absolute Gasteiger partial charge is 0.449 e. The first kappa shape index (κ1) is 18.4. The molecule has 4 rings (SSSR count). The van der Waals surface area contributed by atoms with Crippen LogP contribution >= 0.6 is 22.6 Å². The topological polar surface area (TPSA) is 101 Å². The number of furan rings is 1. The molecule has 2 aliphatic heterocycles. The summed E-state index contributed by atoms with van der Waals surface area (Å²) in [4.78, 5) is 17.9. The standard InChI is InChI=1S/C16H20IN7O3/c17-13-2-1-12(27-13)11-18-22-14-19-15(23-3-7-25-8-4-23)21-16(20-14)24-5-9-26-10-6-24/h1-2,11H,3-10H2,(H,19,20,21,22)/b18-11-. The third-order valence-corrected chi connectivity index (χ3v) is 4.73. The van der Waals surface area contributed by atoms with Gasteiger partial charge in [0.2, 0.25) is 17.8 Å². The lowest BCUT2D eigenvalue weighted by atomic mass is 10.4. The van der Waals surface area contributed by atoms with Crippen molar-refractivity contribution >= 4 is 46.7 Å². The Labute approximate surface area is 170 Å². The van der Waals surface area contributed by atoms with Gasteiger partial charge in [0, 0.05) is 26.2 Å². The molecule has 2 aromatic rings. The van der Waals surface area contributed by atoms with Gasteiger partial charge in [0.25, 0.3) is 0 Å². The van der Waals surface area contributed by atoms with Crippen molar-refractivity contribution in [3.8, 4) is 0 Å². The number of hydrogen-bond donors (Lipinski definition) is 1. The van der Waals surface area contributed by atoms with Gasteiger partial charge in [-0.1, -0.05) is 0 Å². The summed E-state index contributed by atoms with van der Waals surface area (Å²) in [5.41, 5.74) is 2.89. The Morgan fingerprint density at radius 1 is 0.926 bits per heavy atom. The second kappa shape index (κ2) is 8.80. The van der Waals surface area contributed by atoms with E-state index in [4.69, 9.17) is 13.9 Å². The van der Waals surface area contributed by atoms with Crippen LogP contribution in [0.5, 0.6) is 0 Å². The number of hydrogen-bond acceptors (Lipinski definition) is 10. The number of ether oxygens (including phenoxy) is 2. The quantitative estimate of drug-likeness (QED) is 0.380. The van der Waals surface area contributed by atoms with E-state index < -0.39 is 0 Å². The Hall–Kier alpha value is -1.99. The van der Waals surface area contributed by atoms with Crippen molar-refractivity contribution < 1.29 is 13.9 Å². The Morgan fingerprint density at radius 3 is 2.04 bits per heavy atom. The predicted molar refractivity (Wildman–Crippen MR) is 109 cm³/mol. The summed E-state index contributed by atoms with van der Waals surface area (Å²) in [6, 6.07) is 3.72. The molecule has 0 radical (unpaired) electrons. The zero-order valence-electron chi connectivity index (χ0n) is 14.7. The monoisotopic (exact) mass is 485 g/mol. The molecule has 10 nitrogen and oxygen atoms in total. The lowest BCUT2D eigenvalue weighted by Gasteiger charge is -2.30. The van der Waals surface area contributed by atoms with Crippen LogP contribution in [0.15, 0.2) is 21.7 Å². The predicted octanol–water partition coefficient (Wildman–Crippen LogP) is 1.19. The van der Waals surface area contributed by atoms with Crippen LogP contribution in [0.3, 0.4) is 0 Å². The van der Waals surface area contributed by atoms with Gasteiger partial charge in [-0.3, -0.25) is 0 Å². The molecular formula is C16H20IN7O3. The molecule has 27 heavy (non-hydrogen) atoms. The number of halogens is 1. The smallest absolute Gasteiger partial charge is 0.250 e. The van der Waals surface area contributed by atoms with Crippen LogP contribution in [0.1, 0.15) is 5.76 Å². The van der Waals surface area contributed by atoms with E-state index in [-0.39, 0.29) is 0 Å². The zero-order chi connectivity index (χ0) is 18.5. The second-order valence-electron chi connectivity index (χ2n) is 5.97. The molecule has 144 valence electrons. The van der Waals surface area contributed by atoms with E-state index in [2.05, 4.69) is 57.9 Å². The first-order valence-corrected chi connectivity index (χ1v) is 9.82. The van der Waals surface area contributed by atoms with Gasteiger partial charge in [-0.25, -0.2) is 5.43 Å². The van der Waals surface area contributed by atoms with Crippen molar-refractivity contribution in [1.82, 2.24) is 15.0 Å². The molecular weight excluding hydrogens is 465 g/mol. The van der Waals surface area contributed by atoms with Crippen LogP contribution in [0.2, 0.25) is 0 Å². The lowest BCUT2D eigenvalue weighted by Crippen LogP contribution is -2.40. The summed E-state index contributed by atoms with van der Waals surface area (Å²) < 4.78 is 17.1. The molecule has 2 saturated heterocycles. The van der Waals surface area contributed by atoms with Crippen molar-refractivity contribution in [2.24, 2.45) is 5.10 Å². The molecule has 11 heteroatoms. The molecule has 1 N–H and O–H groups in total. The number of hydrazone groups is 1. The third-order valence-electron chi connectivity index (χ3n) is 4.15. The molecule has 0 atom stereocenters. The maximum Gasteiger partial charge on any atom is 0.250 e. The van der Waals surface area contributed by atoms with Crippen LogP contribution in [0.4, 0.5) is 17.8 Å². The first-order chi connectivity index (χ1) is 13.3. The molecule has 2 aliphatic rings. The second-order valence-corrected chi connectivity index (χ2v) is 7.03. The fourth-order valence-electron chi connectivity index (χ4n) is 2.76. The molecule has 0 aliphatic carbocycles. The SMILES string of the molecule is Ic1ccc(/C=N\Nc2nc(N3CCOCC3)nc(N3CCOCC3)n2)o1. The van der Waals surface area contributed by atoms with Crippen LogP contribution in [0.25, 0.3) is 0 Å². The summed E-state index contributed by atoms with van der Waals surface area (Å²) in [5.74, 6) is 2.30. The van der Waals surface area contributed by atoms with E-state index >= 15 is 0 Å². The van der Waals surface area contributed by atoms with Crippen molar-refractivity contribution in [2.45, 2.75) is 0 Å². The highest BCUT2D eigenvalue weighted by Gasteiger charge is 2.20. The lowest BCUT2D eigenvalue weighted by molar-refractivity contribution is 0.121. The molecule has 0 spiro atoms. The highest BCUT2D eigenvalue weighted by atomic mass is 127. The minimum absolute atomic E-state index is 0.394. The first-order valence-electron chi connectivity index (χ1n) is 8.74. The molecule has 0 bridgehead atoms. The van der Waals surface area contributed by atoms with Crippen molar-refractivity contribution in [1.29, 1.82) is 0 Å². The summed E-state index contributed by atoms with van der Waals surface area (Å²) in [6.45, 7) is 5.65. The summed E-state index contributed by atoms with van der Waals surface area (Å²) in [7, 11) is 0. The van der Waals surface area contributed by atoms with E-state index in [0.717, 1.165) is 29.9 Å². The van der Waals surface area contributed by atoms with E-state index in [1.807, 2.05) is 12.1 Å². The number of rotatable bonds is 5. The maximum absolute atomic E-state index is 5.46. The molecule has 0 amide bonds. The molecule has 2 aromatic heterocycles. The minimum atomic E-state index is 0.394. The fourth-order valence-corrected chi connectivity index (χ4v) is 3.20. The Morgan fingerprint density at radius 2 is 1.52 bits per heavy atom.